The highest BCUT2D eigenvalue weighted by atomic mass is 16.3. The van der Waals surface area contributed by atoms with Gasteiger partial charge in [0.25, 0.3) is 0 Å². The maximum absolute atomic E-state index is 10.4. The fourth-order valence-corrected chi connectivity index (χ4v) is 4.76. The van der Waals surface area contributed by atoms with Crippen molar-refractivity contribution < 1.29 is 10.2 Å². The molecule has 4 aliphatic rings. The highest BCUT2D eigenvalue weighted by Gasteiger charge is 2.62. The molecule has 2 N–H and O–H groups in total. The van der Waals surface area contributed by atoms with Crippen LogP contribution in [0.4, 0.5) is 0 Å². The fraction of sp³-hybridized carbons (Fsp3) is 1.00. The summed E-state index contributed by atoms with van der Waals surface area (Å²) in [5.41, 5.74) is -0.654. The van der Waals surface area contributed by atoms with Gasteiger partial charge in [0.1, 0.15) is 0 Å². The van der Waals surface area contributed by atoms with Crippen LogP contribution in [0.5, 0.6) is 0 Å². The topological polar surface area (TPSA) is 40.5 Å². The molecule has 0 saturated heterocycles. The van der Waals surface area contributed by atoms with Crippen LogP contribution < -0.4 is 0 Å². The fourth-order valence-electron chi connectivity index (χ4n) is 4.76. The maximum atomic E-state index is 10.4. The first-order valence-corrected chi connectivity index (χ1v) is 5.98. The molecule has 4 fully saturated rings. The molecule has 80 valence electrons. The average Bonchev–Trinajstić information content (AvgIpc) is 2.12. The standard InChI is InChI=1S/C12H20O2/c1-2-11-4-8-3-9(5-11)7-12(14,6-8)10(11)13/h8-10,13-14H,2-7H2,1H3. The van der Waals surface area contributed by atoms with Crippen molar-refractivity contribution >= 4 is 0 Å². The van der Waals surface area contributed by atoms with Gasteiger partial charge in [-0.2, -0.15) is 0 Å². The van der Waals surface area contributed by atoms with Crippen LogP contribution in [-0.2, 0) is 0 Å². The summed E-state index contributed by atoms with van der Waals surface area (Å²) in [6.07, 6.45) is 5.90. The van der Waals surface area contributed by atoms with E-state index in [1.165, 1.54) is 6.42 Å². The molecule has 0 radical (unpaired) electrons. The van der Waals surface area contributed by atoms with E-state index in [0.717, 1.165) is 32.1 Å². The molecule has 4 aliphatic carbocycles. The quantitative estimate of drug-likeness (QED) is 0.670. The predicted octanol–water partition coefficient (Wildman–Crippen LogP) is 1.70. The zero-order valence-electron chi connectivity index (χ0n) is 8.87. The van der Waals surface area contributed by atoms with Crippen LogP contribution >= 0.6 is 0 Å². The molecule has 14 heavy (non-hydrogen) atoms. The first kappa shape index (κ1) is 9.17. The number of aliphatic hydroxyl groups excluding tert-OH is 1. The Balaban J connectivity index is 2.02. The molecule has 0 aliphatic heterocycles. The summed E-state index contributed by atoms with van der Waals surface area (Å²) in [6.45, 7) is 2.17. The monoisotopic (exact) mass is 196 g/mol. The van der Waals surface area contributed by atoms with Gasteiger partial charge in [0, 0.05) is 0 Å². The second-order valence-corrected chi connectivity index (χ2v) is 6.01. The van der Waals surface area contributed by atoms with Crippen molar-refractivity contribution in [2.45, 2.75) is 57.2 Å². The van der Waals surface area contributed by atoms with Gasteiger partial charge in [-0.3, -0.25) is 0 Å². The van der Waals surface area contributed by atoms with E-state index in [1.54, 1.807) is 0 Å². The van der Waals surface area contributed by atoms with Crippen molar-refractivity contribution in [2.75, 3.05) is 0 Å². The summed E-state index contributed by atoms with van der Waals surface area (Å²) in [5, 5.41) is 20.7. The normalized spacial score (nSPS) is 60.6. The van der Waals surface area contributed by atoms with Crippen LogP contribution in [0.3, 0.4) is 0 Å². The van der Waals surface area contributed by atoms with Crippen molar-refractivity contribution in [3.8, 4) is 0 Å². The van der Waals surface area contributed by atoms with Gasteiger partial charge >= 0.3 is 0 Å². The van der Waals surface area contributed by atoms with Crippen molar-refractivity contribution in [3.63, 3.8) is 0 Å². The van der Waals surface area contributed by atoms with Gasteiger partial charge in [0.15, 0.2) is 0 Å². The Morgan fingerprint density at radius 2 is 1.71 bits per heavy atom. The predicted molar refractivity (Wildman–Crippen MR) is 53.7 cm³/mol. The molecular weight excluding hydrogens is 176 g/mol. The van der Waals surface area contributed by atoms with E-state index in [9.17, 15) is 10.2 Å². The molecule has 2 nitrogen and oxygen atoms in total. The van der Waals surface area contributed by atoms with Crippen molar-refractivity contribution in [2.24, 2.45) is 17.3 Å². The number of rotatable bonds is 1. The van der Waals surface area contributed by atoms with Gasteiger partial charge in [-0.25, -0.2) is 0 Å². The lowest BCUT2D eigenvalue weighted by molar-refractivity contribution is -0.244. The molecule has 0 heterocycles. The Morgan fingerprint density at radius 1 is 1.14 bits per heavy atom. The first-order valence-electron chi connectivity index (χ1n) is 5.98. The molecule has 0 aromatic carbocycles. The van der Waals surface area contributed by atoms with Crippen molar-refractivity contribution in [3.05, 3.63) is 0 Å². The van der Waals surface area contributed by atoms with Crippen LogP contribution in [0.25, 0.3) is 0 Å². The summed E-state index contributed by atoms with van der Waals surface area (Å²) < 4.78 is 0. The summed E-state index contributed by atoms with van der Waals surface area (Å²) in [6, 6.07) is 0. The van der Waals surface area contributed by atoms with Gasteiger partial charge < -0.3 is 10.2 Å². The third kappa shape index (κ3) is 0.938. The average molecular weight is 196 g/mol. The van der Waals surface area contributed by atoms with E-state index in [-0.39, 0.29) is 5.41 Å². The van der Waals surface area contributed by atoms with Crippen LogP contribution in [0.2, 0.25) is 0 Å². The van der Waals surface area contributed by atoms with E-state index in [2.05, 4.69) is 6.92 Å². The lowest BCUT2D eigenvalue weighted by Gasteiger charge is -2.63. The molecule has 3 atom stereocenters. The van der Waals surface area contributed by atoms with Gasteiger partial charge in [0.05, 0.1) is 11.7 Å². The number of aliphatic hydroxyl groups is 2. The van der Waals surface area contributed by atoms with E-state index in [4.69, 9.17) is 0 Å². The minimum atomic E-state index is -0.722. The Bertz CT molecular complexity index is 247. The molecule has 4 saturated carbocycles. The van der Waals surface area contributed by atoms with E-state index < -0.39 is 11.7 Å². The van der Waals surface area contributed by atoms with Crippen LogP contribution in [0.15, 0.2) is 0 Å². The van der Waals surface area contributed by atoms with E-state index >= 15 is 0 Å². The van der Waals surface area contributed by atoms with Crippen LogP contribution in [-0.4, -0.2) is 21.9 Å². The van der Waals surface area contributed by atoms with Crippen molar-refractivity contribution in [1.82, 2.24) is 0 Å². The lowest BCUT2D eigenvalue weighted by atomic mass is 9.46. The molecule has 0 amide bonds. The summed E-state index contributed by atoms with van der Waals surface area (Å²) >= 11 is 0. The van der Waals surface area contributed by atoms with Crippen LogP contribution in [0.1, 0.15) is 45.4 Å². The Hall–Kier alpha value is -0.0800. The SMILES string of the molecule is CCC12CC3CC(CC(O)(C3)C1O)C2. The minimum absolute atomic E-state index is 0.0683. The molecule has 2 heteroatoms. The third-order valence-electron chi connectivity index (χ3n) is 5.13. The second-order valence-electron chi connectivity index (χ2n) is 6.01. The zero-order chi connectivity index (χ0) is 9.97. The second kappa shape index (κ2) is 2.53. The van der Waals surface area contributed by atoms with Gasteiger partial charge in [-0.05, 0) is 55.8 Å². The highest BCUT2D eigenvalue weighted by Crippen LogP contribution is 2.62. The van der Waals surface area contributed by atoms with E-state index in [0.29, 0.717) is 11.8 Å². The molecule has 3 unspecified atom stereocenters. The van der Waals surface area contributed by atoms with Gasteiger partial charge in [0.2, 0.25) is 0 Å². The molecule has 0 spiro atoms. The van der Waals surface area contributed by atoms with Crippen molar-refractivity contribution in [1.29, 1.82) is 0 Å². The Labute approximate surface area is 85.3 Å². The Morgan fingerprint density at radius 3 is 2.21 bits per heavy atom. The maximum Gasteiger partial charge on any atom is 0.0916 e. The summed E-state index contributed by atoms with van der Waals surface area (Å²) in [4.78, 5) is 0. The molecule has 0 aromatic rings. The van der Waals surface area contributed by atoms with Gasteiger partial charge in [-0.15, -0.1) is 0 Å². The van der Waals surface area contributed by atoms with E-state index in [1.807, 2.05) is 0 Å². The summed E-state index contributed by atoms with van der Waals surface area (Å²) in [7, 11) is 0. The summed E-state index contributed by atoms with van der Waals surface area (Å²) in [5.74, 6) is 1.38. The lowest BCUT2D eigenvalue weighted by Crippen LogP contribution is -2.65. The van der Waals surface area contributed by atoms with Crippen LogP contribution in [0, 0.1) is 17.3 Å². The third-order valence-corrected chi connectivity index (χ3v) is 5.13. The Kier molecular flexibility index (Phi) is 1.66. The number of hydrogen-bond donors (Lipinski definition) is 2. The molecule has 4 bridgehead atoms. The minimum Gasteiger partial charge on any atom is -0.390 e. The largest absolute Gasteiger partial charge is 0.390 e. The zero-order valence-corrected chi connectivity index (χ0v) is 8.87. The smallest absolute Gasteiger partial charge is 0.0916 e. The molecule has 4 rings (SSSR count). The first-order chi connectivity index (χ1) is 6.58. The highest BCUT2D eigenvalue weighted by molar-refractivity contribution is 5.13. The molecular formula is C12H20O2. The number of hydrogen-bond acceptors (Lipinski definition) is 2. The van der Waals surface area contributed by atoms with Gasteiger partial charge in [-0.1, -0.05) is 6.92 Å². The molecule has 0 aromatic heterocycles.